The standard InChI is InChI=1S/C17H12F4N4O3/c1-28-17(27)8-4-2-3-5-9(8)23-16(26)11-7-13-22-10(14(18)19)6-12(15(20)21)25(13)24-11/h2-7,14-15H,1H3,(H,23,26). The highest BCUT2D eigenvalue weighted by Gasteiger charge is 2.22. The monoisotopic (exact) mass is 396 g/mol. The molecule has 0 radical (unpaired) electrons. The number of amides is 1. The molecule has 0 atom stereocenters. The molecule has 3 aromatic rings. The van der Waals surface area contributed by atoms with Gasteiger partial charge in [-0.3, -0.25) is 4.79 Å². The summed E-state index contributed by atoms with van der Waals surface area (Å²) in [6.07, 6.45) is -6.18. The molecule has 28 heavy (non-hydrogen) atoms. The van der Waals surface area contributed by atoms with E-state index in [0.29, 0.717) is 10.6 Å². The summed E-state index contributed by atoms with van der Waals surface area (Å²) in [5.74, 6) is -1.55. The van der Waals surface area contributed by atoms with Gasteiger partial charge in [-0.1, -0.05) is 12.1 Å². The van der Waals surface area contributed by atoms with Crippen LogP contribution in [0.15, 0.2) is 36.4 Å². The normalized spacial score (nSPS) is 11.2. The molecule has 2 heterocycles. The summed E-state index contributed by atoms with van der Waals surface area (Å²) in [4.78, 5) is 27.8. The number of carbonyl (C=O) groups is 2. The van der Waals surface area contributed by atoms with Crippen LogP contribution in [-0.2, 0) is 4.74 Å². The summed E-state index contributed by atoms with van der Waals surface area (Å²) in [6, 6.07) is 7.47. The minimum absolute atomic E-state index is 0.0634. The summed E-state index contributed by atoms with van der Waals surface area (Å²) < 4.78 is 57.4. The van der Waals surface area contributed by atoms with Crippen molar-refractivity contribution in [2.24, 2.45) is 0 Å². The van der Waals surface area contributed by atoms with Gasteiger partial charge < -0.3 is 10.1 Å². The van der Waals surface area contributed by atoms with Crippen molar-refractivity contribution in [3.8, 4) is 0 Å². The van der Waals surface area contributed by atoms with E-state index in [1.54, 1.807) is 12.1 Å². The number of hydrogen-bond acceptors (Lipinski definition) is 5. The number of hydrogen-bond donors (Lipinski definition) is 1. The third-order valence-electron chi connectivity index (χ3n) is 3.73. The van der Waals surface area contributed by atoms with Crippen LogP contribution in [0.5, 0.6) is 0 Å². The first-order valence-electron chi connectivity index (χ1n) is 7.77. The lowest BCUT2D eigenvalue weighted by Gasteiger charge is -2.08. The second kappa shape index (κ2) is 7.62. The van der Waals surface area contributed by atoms with E-state index in [-0.39, 0.29) is 22.6 Å². The highest BCUT2D eigenvalue weighted by molar-refractivity contribution is 6.07. The lowest BCUT2D eigenvalue weighted by Crippen LogP contribution is -2.16. The van der Waals surface area contributed by atoms with Gasteiger partial charge in [0.25, 0.3) is 18.8 Å². The number of alkyl halides is 4. The third-order valence-corrected chi connectivity index (χ3v) is 3.73. The second-order valence-electron chi connectivity index (χ2n) is 5.50. The van der Waals surface area contributed by atoms with Crippen molar-refractivity contribution in [1.82, 2.24) is 14.6 Å². The average Bonchev–Trinajstić information content (AvgIpc) is 3.11. The molecule has 0 unspecified atom stereocenters. The molecule has 1 aromatic carbocycles. The summed E-state index contributed by atoms with van der Waals surface area (Å²) >= 11 is 0. The van der Waals surface area contributed by atoms with Gasteiger partial charge >= 0.3 is 5.97 Å². The van der Waals surface area contributed by atoms with E-state index >= 15 is 0 Å². The first-order valence-corrected chi connectivity index (χ1v) is 7.77. The van der Waals surface area contributed by atoms with Gasteiger partial charge in [-0.05, 0) is 18.2 Å². The number of para-hydroxylation sites is 1. The minimum atomic E-state index is -3.11. The van der Waals surface area contributed by atoms with E-state index in [0.717, 1.165) is 6.07 Å². The van der Waals surface area contributed by atoms with E-state index in [1.807, 2.05) is 0 Å². The number of rotatable bonds is 5. The van der Waals surface area contributed by atoms with Gasteiger partial charge in [-0.15, -0.1) is 0 Å². The average molecular weight is 396 g/mol. The van der Waals surface area contributed by atoms with Crippen LogP contribution in [-0.4, -0.2) is 33.6 Å². The fourth-order valence-electron chi connectivity index (χ4n) is 2.46. The molecule has 0 spiro atoms. The Morgan fingerprint density at radius 1 is 1.11 bits per heavy atom. The number of carbonyl (C=O) groups excluding carboxylic acids is 2. The van der Waals surface area contributed by atoms with Crippen LogP contribution in [0.4, 0.5) is 23.2 Å². The molecule has 0 saturated heterocycles. The van der Waals surface area contributed by atoms with Crippen LogP contribution in [0.3, 0.4) is 0 Å². The number of aromatic nitrogens is 3. The third kappa shape index (κ3) is 3.63. The molecule has 1 amide bonds. The Labute approximate surface area is 154 Å². The quantitative estimate of drug-likeness (QED) is 0.526. The smallest absolute Gasteiger partial charge is 0.339 e. The molecule has 0 aliphatic carbocycles. The maximum atomic E-state index is 13.2. The Morgan fingerprint density at radius 3 is 2.46 bits per heavy atom. The molecular weight excluding hydrogens is 384 g/mol. The Hall–Kier alpha value is -3.50. The predicted molar refractivity (Wildman–Crippen MR) is 88.6 cm³/mol. The zero-order chi connectivity index (χ0) is 20.4. The molecule has 146 valence electrons. The number of anilines is 1. The molecule has 0 aliphatic rings. The topological polar surface area (TPSA) is 85.6 Å². The van der Waals surface area contributed by atoms with Crippen LogP contribution < -0.4 is 5.32 Å². The number of esters is 1. The van der Waals surface area contributed by atoms with Gasteiger partial charge in [0, 0.05) is 6.07 Å². The first-order chi connectivity index (χ1) is 13.3. The fraction of sp³-hybridized carbons (Fsp3) is 0.176. The van der Waals surface area contributed by atoms with Gasteiger partial charge in [0.2, 0.25) is 0 Å². The van der Waals surface area contributed by atoms with Crippen molar-refractivity contribution in [2.75, 3.05) is 12.4 Å². The number of nitrogens with one attached hydrogen (secondary N) is 1. The summed E-state index contributed by atoms with van der Waals surface area (Å²) in [5, 5.41) is 6.14. The molecular formula is C17H12F4N4O3. The van der Waals surface area contributed by atoms with Crippen LogP contribution in [0.2, 0.25) is 0 Å². The van der Waals surface area contributed by atoms with Gasteiger partial charge in [-0.2, -0.15) is 5.10 Å². The Morgan fingerprint density at radius 2 is 1.82 bits per heavy atom. The summed E-state index contributed by atoms with van der Waals surface area (Å²) in [5.41, 5.74) is -2.19. The van der Waals surface area contributed by atoms with E-state index in [2.05, 4.69) is 20.1 Å². The maximum Gasteiger partial charge on any atom is 0.339 e. The molecule has 2 aromatic heterocycles. The lowest BCUT2D eigenvalue weighted by molar-refractivity contribution is 0.0602. The van der Waals surface area contributed by atoms with Crippen molar-refractivity contribution < 1.29 is 31.9 Å². The van der Waals surface area contributed by atoms with Crippen molar-refractivity contribution >= 4 is 23.2 Å². The van der Waals surface area contributed by atoms with Crippen molar-refractivity contribution in [3.63, 3.8) is 0 Å². The first kappa shape index (κ1) is 19.3. The summed E-state index contributed by atoms with van der Waals surface area (Å²) in [7, 11) is 1.17. The molecule has 7 nitrogen and oxygen atoms in total. The highest BCUT2D eigenvalue weighted by atomic mass is 19.3. The van der Waals surface area contributed by atoms with E-state index in [1.165, 1.54) is 19.2 Å². The van der Waals surface area contributed by atoms with Crippen molar-refractivity contribution in [1.29, 1.82) is 0 Å². The Kier molecular flexibility index (Phi) is 5.25. The summed E-state index contributed by atoms with van der Waals surface area (Å²) in [6.45, 7) is 0. The number of nitrogens with zero attached hydrogens (tertiary/aromatic N) is 3. The number of benzene rings is 1. The lowest BCUT2D eigenvalue weighted by atomic mass is 10.1. The highest BCUT2D eigenvalue weighted by Crippen LogP contribution is 2.25. The number of halogens is 4. The van der Waals surface area contributed by atoms with Crippen LogP contribution in [0.25, 0.3) is 5.65 Å². The van der Waals surface area contributed by atoms with E-state index < -0.39 is 36.1 Å². The zero-order valence-electron chi connectivity index (χ0n) is 14.2. The molecule has 0 aliphatic heterocycles. The molecule has 0 fully saturated rings. The second-order valence-corrected chi connectivity index (χ2v) is 5.50. The molecule has 3 rings (SSSR count). The zero-order valence-corrected chi connectivity index (χ0v) is 14.2. The van der Waals surface area contributed by atoms with Gasteiger partial charge in [-0.25, -0.2) is 31.9 Å². The Bertz CT molecular complexity index is 1050. The Balaban J connectivity index is 2.00. The van der Waals surface area contributed by atoms with E-state index in [4.69, 9.17) is 0 Å². The minimum Gasteiger partial charge on any atom is -0.465 e. The fourth-order valence-corrected chi connectivity index (χ4v) is 2.46. The maximum absolute atomic E-state index is 13.2. The van der Waals surface area contributed by atoms with Crippen LogP contribution >= 0.6 is 0 Å². The van der Waals surface area contributed by atoms with Crippen molar-refractivity contribution in [3.05, 3.63) is 59.0 Å². The van der Waals surface area contributed by atoms with Gasteiger partial charge in [0.1, 0.15) is 11.4 Å². The predicted octanol–water partition coefficient (Wildman–Crippen LogP) is 3.64. The molecule has 1 N–H and O–H groups in total. The van der Waals surface area contributed by atoms with Crippen molar-refractivity contribution in [2.45, 2.75) is 12.9 Å². The van der Waals surface area contributed by atoms with Gasteiger partial charge in [0.05, 0.1) is 18.4 Å². The number of methoxy groups -OCH3 is 1. The molecule has 11 heteroatoms. The largest absolute Gasteiger partial charge is 0.465 e. The van der Waals surface area contributed by atoms with Crippen LogP contribution in [0.1, 0.15) is 45.1 Å². The van der Waals surface area contributed by atoms with Crippen LogP contribution in [0, 0.1) is 0 Å². The number of fused-ring (bicyclic) bond motifs is 1. The molecule has 0 saturated carbocycles. The SMILES string of the molecule is COC(=O)c1ccccc1NC(=O)c1cc2nc(C(F)F)cc(C(F)F)n2n1. The molecule has 0 bridgehead atoms. The van der Waals surface area contributed by atoms with E-state index in [9.17, 15) is 27.2 Å². The number of ether oxygens (including phenoxy) is 1. The van der Waals surface area contributed by atoms with Gasteiger partial charge in [0.15, 0.2) is 11.3 Å².